The zero-order chi connectivity index (χ0) is 16.2. The Morgan fingerprint density at radius 2 is 1.96 bits per heavy atom. The van der Waals surface area contributed by atoms with Crippen molar-refractivity contribution in [1.82, 2.24) is 9.80 Å². The van der Waals surface area contributed by atoms with Gasteiger partial charge in [0.1, 0.15) is 0 Å². The molecule has 0 N–H and O–H groups in total. The van der Waals surface area contributed by atoms with E-state index in [0.29, 0.717) is 6.04 Å². The molecular formula is C18H26ClN3O. The Morgan fingerprint density at radius 3 is 2.65 bits per heavy atom. The van der Waals surface area contributed by atoms with Crippen molar-refractivity contribution in [2.24, 2.45) is 0 Å². The van der Waals surface area contributed by atoms with E-state index in [1.807, 2.05) is 23.1 Å². The van der Waals surface area contributed by atoms with Crippen LogP contribution < -0.4 is 4.90 Å². The molecule has 1 unspecified atom stereocenters. The van der Waals surface area contributed by atoms with E-state index in [1.54, 1.807) is 0 Å². The summed E-state index contributed by atoms with van der Waals surface area (Å²) in [6.45, 7) is 6.43. The second-order valence-electron chi connectivity index (χ2n) is 6.49. The molecule has 2 saturated heterocycles. The number of carbonyl (C=O) groups is 1. The summed E-state index contributed by atoms with van der Waals surface area (Å²) in [5.74, 6) is 0. The highest BCUT2D eigenvalue weighted by Crippen LogP contribution is 2.23. The summed E-state index contributed by atoms with van der Waals surface area (Å²) in [6, 6.07) is 8.63. The van der Waals surface area contributed by atoms with Crippen LogP contribution in [0.25, 0.3) is 0 Å². The standard InChI is InChI=1S/C18H26ClN3O/c1-2-16-7-3-4-9-22(16)18(23)21-12-10-20(11-13-21)17-8-5-6-15(19)14-17/h5-6,8,14,16H,2-4,7,9-13H2,1H3. The van der Waals surface area contributed by atoms with Crippen LogP contribution in [-0.4, -0.2) is 54.6 Å². The maximum absolute atomic E-state index is 12.8. The minimum absolute atomic E-state index is 0.238. The van der Waals surface area contributed by atoms with Crippen LogP contribution in [-0.2, 0) is 0 Å². The molecule has 2 aliphatic rings. The molecule has 0 aromatic heterocycles. The SMILES string of the molecule is CCC1CCCCN1C(=O)N1CCN(c2cccc(Cl)c2)CC1. The highest BCUT2D eigenvalue weighted by molar-refractivity contribution is 6.30. The van der Waals surface area contributed by atoms with Crippen molar-refractivity contribution < 1.29 is 4.79 Å². The van der Waals surface area contributed by atoms with E-state index in [-0.39, 0.29) is 6.03 Å². The molecule has 2 aliphatic heterocycles. The molecule has 23 heavy (non-hydrogen) atoms. The molecule has 3 rings (SSSR count). The lowest BCUT2D eigenvalue weighted by Gasteiger charge is -2.42. The lowest BCUT2D eigenvalue weighted by atomic mass is 10.0. The van der Waals surface area contributed by atoms with Crippen molar-refractivity contribution in [2.75, 3.05) is 37.6 Å². The summed E-state index contributed by atoms with van der Waals surface area (Å²) < 4.78 is 0. The second kappa shape index (κ2) is 7.43. The number of carbonyl (C=O) groups excluding carboxylic acids is 1. The Labute approximate surface area is 144 Å². The average Bonchev–Trinajstić information content (AvgIpc) is 2.61. The van der Waals surface area contributed by atoms with Gasteiger partial charge in [0.05, 0.1) is 0 Å². The molecule has 2 heterocycles. The quantitative estimate of drug-likeness (QED) is 0.820. The van der Waals surface area contributed by atoms with Gasteiger partial charge in [-0.05, 0) is 43.9 Å². The summed E-state index contributed by atoms with van der Waals surface area (Å²) in [4.78, 5) is 19.3. The van der Waals surface area contributed by atoms with Crippen molar-refractivity contribution in [3.63, 3.8) is 0 Å². The number of benzene rings is 1. The van der Waals surface area contributed by atoms with Crippen LogP contribution >= 0.6 is 11.6 Å². The Hall–Kier alpha value is -1.42. The molecule has 0 aliphatic carbocycles. The van der Waals surface area contributed by atoms with Gasteiger partial charge in [-0.1, -0.05) is 24.6 Å². The first-order valence-corrected chi connectivity index (χ1v) is 9.13. The van der Waals surface area contributed by atoms with Crippen molar-refractivity contribution in [3.8, 4) is 0 Å². The van der Waals surface area contributed by atoms with Gasteiger partial charge in [-0.2, -0.15) is 0 Å². The zero-order valence-electron chi connectivity index (χ0n) is 13.9. The molecule has 1 aromatic carbocycles. The van der Waals surface area contributed by atoms with Gasteiger partial charge >= 0.3 is 6.03 Å². The minimum atomic E-state index is 0.238. The van der Waals surface area contributed by atoms with Gasteiger partial charge in [-0.3, -0.25) is 0 Å². The summed E-state index contributed by atoms with van der Waals surface area (Å²) >= 11 is 6.08. The number of nitrogens with zero attached hydrogens (tertiary/aromatic N) is 3. The van der Waals surface area contributed by atoms with Gasteiger partial charge in [0, 0.05) is 49.5 Å². The topological polar surface area (TPSA) is 26.8 Å². The number of anilines is 1. The molecule has 2 fully saturated rings. The van der Waals surface area contributed by atoms with Gasteiger partial charge in [0.15, 0.2) is 0 Å². The van der Waals surface area contributed by atoms with Crippen molar-refractivity contribution >= 4 is 23.3 Å². The fraction of sp³-hybridized carbons (Fsp3) is 0.611. The molecule has 5 heteroatoms. The van der Waals surface area contributed by atoms with E-state index in [1.165, 1.54) is 6.42 Å². The molecule has 126 valence electrons. The lowest BCUT2D eigenvalue weighted by Crippen LogP contribution is -2.55. The maximum Gasteiger partial charge on any atom is 0.320 e. The van der Waals surface area contributed by atoms with Gasteiger partial charge < -0.3 is 14.7 Å². The monoisotopic (exact) mass is 335 g/mol. The molecular weight excluding hydrogens is 310 g/mol. The number of likely N-dealkylation sites (tertiary alicyclic amines) is 1. The fourth-order valence-electron chi connectivity index (χ4n) is 3.69. The summed E-state index contributed by atoms with van der Waals surface area (Å²) in [7, 11) is 0. The van der Waals surface area contributed by atoms with Crippen molar-refractivity contribution in [3.05, 3.63) is 29.3 Å². The number of rotatable bonds is 2. The highest BCUT2D eigenvalue weighted by atomic mass is 35.5. The molecule has 0 radical (unpaired) electrons. The Morgan fingerprint density at radius 1 is 1.17 bits per heavy atom. The first-order chi connectivity index (χ1) is 11.2. The van der Waals surface area contributed by atoms with E-state index in [0.717, 1.165) is 62.7 Å². The van der Waals surface area contributed by atoms with E-state index in [4.69, 9.17) is 11.6 Å². The number of piperidine rings is 1. The fourth-order valence-corrected chi connectivity index (χ4v) is 3.87. The number of amides is 2. The molecule has 4 nitrogen and oxygen atoms in total. The Balaban J connectivity index is 1.59. The minimum Gasteiger partial charge on any atom is -0.368 e. The van der Waals surface area contributed by atoms with Crippen LogP contribution in [0, 0.1) is 0 Å². The third kappa shape index (κ3) is 3.74. The number of urea groups is 1. The van der Waals surface area contributed by atoms with Gasteiger partial charge in [-0.25, -0.2) is 4.79 Å². The Bertz CT molecular complexity index is 543. The van der Waals surface area contributed by atoms with Gasteiger partial charge in [0.2, 0.25) is 0 Å². The highest BCUT2D eigenvalue weighted by Gasteiger charge is 2.30. The van der Waals surface area contributed by atoms with Crippen LogP contribution in [0.3, 0.4) is 0 Å². The van der Waals surface area contributed by atoms with Crippen molar-refractivity contribution in [2.45, 2.75) is 38.6 Å². The predicted octanol–water partition coefficient (Wildman–Crippen LogP) is 3.85. The summed E-state index contributed by atoms with van der Waals surface area (Å²) in [5, 5.41) is 0.764. The van der Waals surface area contributed by atoms with Crippen LogP contribution in [0.2, 0.25) is 5.02 Å². The zero-order valence-corrected chi connectivity index (χ0v) is 14.6. The molecule has 1 aromatic rings. The Kier molecular flexibility index (Phi) is 5.31. The molecule has 0 saturated carbocycles. The van der Waals surface area contributed by atoms with Gasteiger partial charge in [-0.15, -0.1) is 0 Å². The number of hydrogen-bond acceptors (Lipinski definition) is 2. The molecule has 2 amide bonds. The number of halogens is 1. The first kappa shape index (κ1) is 16.4. The third-order valence-electron chi connectivity index (χ3n) is 5.07. The van der Waals surface area contributed by atoms with Crippen LogP contribution in [0.15, 0.2) is 24.3 Å². The molecule has 1 atom stereocenters. The normalized spacial score (nSPS) is 22.3. The number of hydrogen-bond donors (Lipinski definition) is 0. The summed E-state index contributed by atoms with van der Waals surface area (Å²) in [5.41, 5.74) is 1.15. The van der Waals surface area contributed by atoms with Gasteiger partial charge in [0.25, 0.3) is 0 Å². The smallest absolute Gasteiger partial charge is 0.320 e. The second-order valence-corrected chi connectivity index (χ2v) is 6.92. The van der Waals surface area contributed by atoms with E-state index < -0.39 is 0 Å². The van der Waals surface area contributed by atoms with E-state index in [2.05, 4.69) is 22.8 Å². The van der Waals surface area contributed by atoms with Crippen LogP contribution in [0.4, 0.5) is 10.5 Å². The lowest BCUT2D eigenvalue weighted by molar-refractivity contribution is 0.111. The molecule has 0 spiro atoms. The summed E-state index contributed by atoms with van der Waals surface area (Å²) in [6.07, 6.45) is 4.62. The van der Waals surface area contributed by atoms with Crippen molar-refractivity contribution in [1.29, 1.82) is 0 Å². The molecule has 0 bridgehead atoms. The van der Waals surface area contributed by atoms with E-state index in [9.17, 15) is 4.79 Å². The largest absolute Gasteiger partial charge is 0.368 e. The average molecular weight is 336 g/mol. The van der Waals surface area contributed by atoms with E-state index >= 15 is 0 Å². The van der Waals surface area contributed by atoms with Crippen LogP contribution in [0.5, 0.6) is 0 Å². The number of piperazine rings is 1. The maximum atomic E-state index is 12.8. The first-order valence-electron chi connectivity index (χ1n) is 8.75. The predicted molar refractivity (Wildman–Crippen MR) is 95.3 cm³/mol. The van der Waals surface area contributed by atoms with Crippen LogP contribution in [0.1, 0.15) is 32.6 Å². The third-order valence-corrected chi connectivity index (χ3v) is 5.30.